The predicted molar refractivity (Wildman–Crippen MR) is 81.1 cm³/mol. The van der Waals surface area contributed by atoms with Crippen LogP contribution in [-0.2, 0) is 11.3 Å². The Hall–Kier alpha value is -1.91. The average molecular weight is 302 g/mol. The maximum Gasteiger partial charge on any atom is 0.128 e. The molecule has 0 spiro atoms. The Morgan fingerprint density at radius 2 is 2.00 bits per heavy atom. The second-order valence-electron chi connectivity index (χ2n) is 5.49. The van der Waals surface area contributed by atoms with Crippen LogP contribution in [0.3, 0.4) is 0 Å². The molecule has 0 bridgehead atoms. The summed E-state index contributed by atoms with van der Waals surface area (Å²) in [5.74, 6) is 0.131. The van der Waals surface area contributed by atoms with Gasteiger partial charge in [-0.1, -0.05) is 30.3 Å². The lowest BCUT2D eigenvalue weighted by atomic mass is 9.98. The molecule has 3 nitrogen and oxygen atoms in total. The van der Waals surface area contributed by atoms with Crippen molar-refractivity contribution < 1.29 is 19.0 Å². The van der Waals surface area contributed by atoms with E-state index in [4.69, 9.17) is 9.47 Å². The van der Waals surface area contributed by atoms with Gasteiger partial charge in [0.05, 0.1) is 12.2 Å². The number of aliphatic hydroxyl groups is 1. The summed E-state index contributed by atoms with van der Waals surface area (Å²) in [6.07, 6.45) is 0.506. The molecular formula is C18H19FO3. The first-order valence-electron chi connectivity index (χ1n) is 7.48. The molecule has 1 heterocycles. The summed E-state index contributed by atoms with van der Waals surface area (Å²) in [7, 11) is 0. The highest BCUT2D eigenvalue weighted by Gasteiger charge is 2.25. The fourth-order valence-electron chi connectivity index (χ4n) is 2.63. The zero-order valence-corrected chi connectivity index (χ0v) is 12.2. The van der Waals surface area contributed by atoms with Crippen LogP contribution in [0.5, 0.6) is 5.75 Å². The van der Waals surface area contributed by atoms with Crippen LogP contribution in [0.1, 0.15) is 30.1 Å². The van der Waals surface area contributed by atoms with Gasteiger partial charge in [0.1, 0.15) is 18.2 Å². The van der Waals surface area contributed by atoms with E-state index >= 15 is 0 Å². The van der Waals surface area contributed by atoms with Gasteiger partial charge in [-0.25, -0.2) is 4.39 Å². The number of hydrogen-bond acceptors (Lipinski definition) is 3. The average Bonchev–Trinajstić information content (AvgIpc) is 2.54. The summed E-state index contributed by atoms with van der Waals surface area (Å²) < 4.78 is 25.0. The van der Waals surface area contributed by atoms with E-state index in [0.29, 0.717) is 31.8 Å². The molecule has 0 amide bonds. The molecular weight excluding hydrogens is 283 g/mol. The topological polar surface area (TPSA) is 38.7 Å². The van der Waals surface area contributed by atoms with Crippen LogP contribution in [0.4, 0.5) is 4.39 Å². The van der Waals surface area contributed by atoms with Gasteiger partial charge in [0.2, 0.25) is 0 Å². The monoisotopic (exact) mass is 302 g/mol. The van der Waals surface area contributed by atoms with Gasteiger partial charge in [0.15, 0.2) is 0 Å². The molecule has 1 aliphatic rings. The Kier molecular flexibility index (Phi) is 4.71. The van der Waals surface area contributed by atoms with Crippen LogP contribution in [0.2, 0.25) is 0 Å². The summed E-state index contributed by atoms with van der Waals surface area (Å²) in [6, 6.07) is 14.2. The van der Waals surface area contributed by atoms with Crippen molar-refractivity contribution in [1.82, 2.24) is 0 Å². The van der Waals surface area contributed by atoms with Crippen molar-refractivity contribution >= 4 is 0 Å². The summed E-state index contributed by atoms with van der Waals surface area (Å²) >= 11 is 0. The van der Waals surface area contributed by atoms with Gasteiger partial charge in [-0.05, 0) is 24.1 Å². The minimum Gasteiger partial charge on any atom is -0.488 e. The lowest BCUT2D eigenvalue weighted by molar-refractivity contribution is -0.0458. The van der Waals surface area contributed by atoms with Gasteiger partial charge in [0, 0.05) is 24.7 Å². The van der Waals surface area contributed by atoms with E-state index in [1.165, 1.54) is 12.1 Å². The third-order valence-electron chi connectivity index (χ3n) is 3.82. The third-order valence-corrected chi connectivity index (χ3v) is 3.82. The number of hydrogen-bond donors (Lipinski definition) is 1. The highest BCUT2D eigenvalue weighted by atomic mass is 19.1. The molecule has 22 heavy (non-hydrogen) atoms. The lowest BCUT2D eigenvalue weighted by Gasteiger charge is -2.28. The molecule has 1 aliphatic heterocycles. The van der Waals surface area contributed by atoms with Crippen LogP contribution in [0, 0.1) is 5.82 Å². The molecule has 1 N–H and O–H groups in total. The first-order chi connectivity index (χ1) is 10.7. The molecule has 2 unspecified atom stereocenters. The molecule has 2 aromatic carbocycles. The van der Waals surface area contributed by atoms with Crippen molar-refractivity contribution in [2.45, 2.75) is 31.7 Å². The van der Waals surface area contributed by atoms with Crippen LogP contribution in [0.25, 0.3) is 0 Å². The van der Waals surface area contributed by atoms with Crippen molar-refractivity contribution in [2.75, 3.05) is 6.61 Å². The van der Waals surface area contributed by atoms with E-state index < -0.39 is 0 Å². The van der Waals surface area contributed by atoms with Crippen LogP contribution in [-0.4, -0.2) is 17.8 Å². The molecule has 3 rings (SSSR count). The van der Waals surface area contributed by atoms with E-state index in [-0.39, 0.29) is 18.0 Å². The molecule has 1 fully saturated rings. The maximum absolute atomic E-state index is 13.5. The van der Waals surface area contributed by atoms with Gasteiger partial charge >= 0.3 is 0 Å². The van der Waals surface area contributed by atoms with Crippen LogP contribution in [0.15, 0.2) is 48.5 Å². The Labute approximate surface area is 129 Å². The largest absolute Gasteiger partial charge is 0.488 e. The molecule has 4 heteroatoms. The van der Waals surface area contributed by atoms with E-state index in [2.05, 4.69) is 0 Å². The molecule has 0 saturated carbocycles. The molecule has 2 atom stereocenters. The Bertz CT molecular complexity index is 615. The fourth-order valence-corrected chi connectivity index (χ4v) is 2.63. The molecule has 116 valence electrons. The van der Waals surface area contributed by atoms with E-state index in [1.807, 2.05) is 30.3 Å². The normalized spacial score (nSPS) is 21.5. The van der Waals surface area contributed by atoms with Gasteiger partial charge in [0.25, 0.3) is 0 Å². The van der Waals surface area contributed by atoms with E-state index in [0.717, 1.165) is 11.1 Å². The lowest BCUT2D eigenvalue weighted by Crippen LogP contribution is -2.23. The summed E-state index contributed by atoms with van der Waals surface area (Å²) in [5, 5.41) is 9.80. The van der Waals surface area contributed by atoms with Crippen molar-refractivity contribution in [2.24, 2.45) is 0 Å². The minimum absolute atomic E-state index is 0.255. The first-order valence-corrected chi connectivity index (χ1v) is 7.48. The Morgan fingerprint density at radius 1 is 1.18 bits per heavy atom. The fraction of sp³-hybridized carbons (Fsp3) is 0.333. The van der Waals surface area contributed by atoms with Gasteiger partial charge < -0.3 is 14.6 Å². The quantitative estimate of drug-likeness (QED) is 0.937. The van der Waals surface area contributed by atoms with Crippen molar-refractivity contribution in [3.63, 3.8) is 0 Å². The second kappa shape index (κ2) is 6.90. The number of ether oxygens (including phenoxy) is 2. The van der Waals surface area contributed by atoms with Crippen molar-refractivity contribution in [1.29, 1.82) is 0 Å². The smallest absolute Gasteiger partial charge is 0.128 e. The second-order valence-corrected chi connectivity index (χ2v) is 5.49. The van der Waals surface area contributed by atoms with E-state index in [9.17, 15) is 9.50 Å². The highest BCUT2D eigenvalue weighted by Crippen LogP contribution is 2.35. The SMILES string of the molecule is OC1CCOC(c2ccc(F)cc2OCc2ccccc2)C1. The predicted octanol–water partition coefficient (Wildman–Crippen LogP) is 3.62. The van der Waals surface area contributed by atoms with Gasteiger partial charge in [-0.15, -0.1) is 0 Å². The molecule has 0 radical (unpaired) electrons. The number of rotatable bonds is 4. The first kappa shape index (κ1) is 15.0. The van der Waals surface area contributed by atoms with Crippen LogP contribution >= 0.6 is 0 Å². The summed E-state index contributed by atoms with van der Waals surface area (Å²) in [5.41, 5.74) is 1.80. The molecule has 2 aromatic rings. The third kappa shape index (κ3) is 3.64. The standard InChI is InChI=1S/C18H19FO3/c19-14-6-7-16(18-11-15(20)8-9-21-18)17(10-14)22-12-13-4-2-1-3-5-13/h1-7,10,15,18,20H,8-9,11-12H2. The zero-order valence-electron chi connectivity index (χ0n) is 12.2. The maximum atomic E-state index is 13.5. The van der Waals surface area contributed by atoms with Crippen LogP contribution < -0.4 is 4.74 Å². The van der Waals surface area contributed by atoms with Crippen molar-refractivity contribution in [3.05, 3.63) is 65.5 Å². The Balaban J connectivity index is 1.78. The molecule has 0 aromatic heterocycles. The number of aliphatic hydroxyl groups excluding tert-OH is 1. The summed E-state index contributed by atoms with van der Waals surface area (Å²) in [4.78, 5) is 0. The number of halogens is 1. The Morgan fingerprint density at radius 3 is 2.77 bits per heavy atom. The van der Waals surface area contributed by atoms with Gasteiger partial charge in [-0.2, -0.15) is 0 Å². The summed E-state index contributed by atoms with van der Waals surface area (Å²) in [6.45, 7) is 0.869. The zero-order chi connectivity index (χ0) is 15.4. The minimum atomic E-state index is -0.384. The molecule has 1 saturated heterocycles. The highest BCUT2D eigenvalue weighted by molar-refractivity contribution is 5.36. The van der Waals surface area contributed by atoms with E-state index in [1.54, 1.807) is 6.07 Å². The number of benzene rings is 2. The van der Waals surface area contributed by atoms with Gasteiger partial charge in [-0.3, -0.25) is 0 Å². The van der Waals surface area contributed by atoms with Crippen molar-refractivity contribution in [3.8, 4) is 5.75 Å². The molecule has 0 aliphatic carbocycles.